The van der Waals surface area contributed by atoms with Crippen LogP contribution >= 0.6 is 0 Å². The zero-order valence-corrected chi connectivity index (χ0v) is 13.2. The van der Waals surface area contributed by atoms with E-state index >= 15 is 0 Å². The summed E-state index contributed by atoms with van der Waals surface area (Å²) >= 11 is 0. The maximum Gasteiger partial charge on any atom is 1.00 e. The largest absolute Gasteiger partial charge is 1.00 e. The summed E-state index contributed by atoms with van der Waals surface area (Å²) in [4.78, 5) is 34.3. The van der Waals surface area contributed by atoms with E-state index in [9.17, 15) is 19.5 Å². The smallest absolute Gasteiger partial charge is 0.545 e. The van der Waals surface area contributed by atoms with Gasteiger partial charge >= 0.3 is 29.6 Å². The van der Waals surface area contributed by atoms with Gasteiger partial charge in [0.25, 0.3) is 0 Å². The molecule has 0 heterocycles. The summed E-state index contributed by atoms with van der Waals surface area (Å²) in [6.45, 7) is 0. The maximum atomic E-state index is 12.3. The van der Waals surface area contributed by atoms with Crippen LogP contribution in [0.15, 0.2) is 36.4 Å². The van der Waals surface area contributed by atoms with Gasteiger partial charge in [-0.15, -0.1) is 0 Å². The van der Waals surface area contributed by atoms with Crippen LogP contribution in [0.3, 0.4) is 0 Å². The Hall–Kier alpha value is -1.95. The van der Waals surface area contributed by atoms with Crippen LogP contribution in [0.2, 0.25) is 0 Å². The monoisotopic (exact) mass is 289 g/mol. The first-order valence-electron chi connectivity index (χ1n) is 5.83. The molecule has 0 saturated carbocycles. The molecule has 1 amide bonds. The Morgan fingerprint density at radius 1 is 0.857 bits per heavy atom. The van der Waals surface area contributed by atoms with Crippen molar-refractivity contribution in [2.24, 2.45) is 5.73 Å². The molecule has 1 aliphatic rings. The zero-order valence-electron chi connectivity index (χ0n) is 11.2. The molecule has 2 aromatic carbocycles. The molecular weight excluding hydrogens is 281 g/mol. The van der Waals surface area contributed by atoms with Crippen molar-refractivity contribution in [3.05, 3.63) is 58.7 Å². The van der Waals surface area contributed by atoms with E-state index in [0.717, 1.165) is 0 Å². The fraction of sp³-hybridized carbons (Fsp3) is 0. The molecule has 2 N–H and O–H groups in total. The number of aromatic carboxylic acids is 1. The molecule has 21 heavy (non-hydrogen) atoms. The molecule has 98 valence electrons. The number of carboxylic acids is 1. The van der Waals surface area contributed by atoms with Crippen LogP contribution in [0.25, 0.3) is 11.1 Å². The number of fused-ring (bicyclic) bond motifs is 3. The van der Waals surface area contributed by atoms with Crippen LogP contribution in [0.1, 0.15) is 36.6 Å². The molecule has 0 bridgehead atoms. The number of benzene rings is 2. The van der Waals surface area contributed by atoms with Crippen molar-refractivity contribution in [1.29, 1.82) is 0 Å². The van der Waals surface area contributed by atoms with Gasteiger partial charge in [-0.25, -0.2) is 0 Å². The minimum absolute atomic E-state index is 0. The molecule has 0 fully saturated rings. The number of rotatable bonds is 2. The van der Waals surface area contributed by atoms with Crippen LogP contribution in [-0.4, -0.2) is 17.7 Å². The van der Waals surface area contributed by atoms with E-state index in [1.54, 1.807) is 12.1 Å². The van der Waals surface area contributed by atoms with E-state index in [4.69, 9.17) is 5.73 Å². The van der Waals surface area contributed by atoms with Crippen molar-refractivity contribution < 1.29 is 49.0 Å². The third-order valence-electron chi connectivity index (χ3n) is 3.34. The summed E-state index contributed by atoms with van der Waals surface area (Å²) in [7, 11) is 0. The molecule has 0 unspecified atom stereocenters. The molecule has 0 aromatic heterocycles. The van der Waals surface area contributed by atoms with Gasteiger partial charge in [0, 0.05) is 16.7 Å². The summed E-state index contributed by atoms with van der Waals surface area (Å²) in [5.41, 5.74) is 7.33. The Morgan fingerprint density at radius 2 is 1.33 bits per heavy atom. The van der Waals surface area contributed by atoms with E-state index in [1.165, 1.54) is 24.3 Å². The minimum atomic E-state index is -1.34. The third-order valence-corrected chi connectivity index (χ3v) is 3.34. The standard InChI is InChI=1S/C15H9NO4.Na/c16-14(18)7-1-3-9-10-4-2-8(15(19)20)6-12(10)13(17)11(9)5-7;/h1-6H,(H2,16,18)(H,19,20);/q;+1/p-1. The van der Waals surface area contributed by atoms with Gasteiger partial charge in [-0.3, -0.25) is 9.59 Å². The number of ketones is 1. The molecule has 0 saturated heterocycles. The third kappa shape index (κ3) is 2.40. The molecule has 3 rings (SSSR count). The van der Waals surface area contributed by atoms with Crippen LogP contribution in [-0.2, 0) is 0 Å². The Morgan fingerprint density at radius 3 is 1.81 bits per heavy atom. The Kier molecular flexibility index (Phi) is 4.00. The second-order valence-corrected chi connectivity index (χ2v) is 4.50. The van der Waals surface area contributed by atoms with Gasteiger partial charge in [0.1, 0.15) is 0 Å². The van der Waals surface area contributed by atoms with Crippen LogP contribution in [0.5, 0.6) is 0 Å². The number of carbonyl (C=O) groups is 3. The van der Waals surface area contributed by atoms with Gasteiger partial charge in [-0.05, 0) is 34.9 Å². The summed E-state index contributed by atoms with van der Waals surface area (Å²) in [5, 5.41) is 10.8. The van der Waals surface area contributed by atoms with E-state index in [-0.39, 0.29) is 46.5 Å². The zero-order chi connectivity index (χ0) is 14.4. The summed E-state index contributed by atoms with van der Waals surface area (Å²) in [6, 6.07) is 8.84. The predicted octanol–water partition coefficient (Wildman–Crippen LogP) is -2.64. The first-order valence-corrected chi connectivity index (χ1v) is 5.83. The predicted molar refractivity (Wildman–Crippen MR) is 68.2 cm³/mol. The number of carboxylic acid groups (broad SMARTS) is 1. The second kappa shape index (κ2) is 5.44. The fourth-order valence-corrected chi connectivity index (χ4v) is 2.36. The summed E-state index contributed by atoms with van der Waals surface area (Å²) in [5.74, 6) is -2.28. The van der Waals surface area contributed by atoms with Crippen molar-refractivity contribution in [3.63, 3.8) is 0 Å². The van der Waals surface area contributed by atoms with Crippen molar-refractivity contribution in [3.8, 4) is 11.1 Å². The van der Waals surface area contributed by atoms with E-state index in [2.05, 4.69) is 0 Å². The Balaban J connectivity index is 0.00000161. The topological polar surface area (TPSA) is 100 Å². The van der Waals surface area contributed by atoms with Crippen LogP contribution in [0.4, 0.5) is 0 Å². The molecule has 1 aliphatic carbocycles. The van der Waals surface area contributed by atoms with E-state index < -0.39 is 11.9 Å². The molecule has 0 atom stereocenters. The summed E-state index contributed by atoms with van der Waals surface area (Å²) in [6.07, 6.45) is 0. The number of hydrogen-bond acceptors (Lipinski definition) is 4. The fourth-order valence-electron chi connectivity index (χ4n) is 2.36. The van der Waals surface area contributed by atoms with Gasteiger partial charge < -0.3 is 15.6 Å². The van der Waals surface area contributed by atoms with E-state index in [0.29, 0.717) is 22.3 Å². The average molecular weight is 289 g/mol. The molecule has 0 spiro atoms. The Labute approximate surface area is 142 Å². The number of carbonyl (C=O) groups excluding carboxylic acids is 3. The van der Waals surface area contributed by atoms with Gasteiger partial charge in [0.05, 0.1) is 5.97 Å². The van der Waals surface area contributed by atoms with Crippen molar-refractivity contribution >= 4 is 17.7 Å². The number of amides is 1. The average Bonchev–Trinajstić information content (AvgIpc) is 2.71. The molecule has 0 radical (unpaired) electrons. The van der Waals surface area contributed by atoms with E-state index in [1.807, 2.05) is 0 Å². The van der Waals surface area contributed by atoms with Gasteiger partial charge in [0.2, 0.25) is 5.91 Å². The molecule has 2 aromatic rings. The molecule has 5 nitrogen and oxygen atoms in total. The van der Waals surface area contributed by atoms with Crippen molar-refractivity contribution in [1.82, 2.24) is 0 Å². The molecule has 0 aliphatic heterocycles. The SMILES string of the molecule is NC(=O)c1ccc2c(c1)C(=O)c1cc(C(=O)[O-])ccc1-2.[Na+]. The van der Waals surface area contributed by atoms with Gasteiger partial charge in [-0.1, -0.05) is 18.2 Å². The van der Waals surface area contributed by atoms with Gasteiger partial charge in [0.15, 0.2) is 5.78 Å². The molecule has 6 heteroatoms. The van der Waals surface area contributed by atoms with Crippen molar-refractivity contribution in [2.75, 3.05) is 0 Å². The number of nitrogens with two attached hydrogens (primary N) is 1. The van der Waals surface area contributed by atoms with Crippen molar-refractivity contribution in [2.45, 2.75) is 0 Å². The summed E-state index contributed by atoms with van der Waals surface area (Å²) < 4.78 is 0. The Bertz CT molecular complexity index is 733. The number of primary amides is 1. The number of hydrogen-bond donors (Lipinski definition) is 1. The first-order chi connectivity index (χ1) is 9.49. The normalized spacial score (nSPS) is 11.3. The second-order valence-electron chi connectivity index (χ2n) is 4.50. The quantitative estimate of drug-likeness (QED) is 0.521. The van der Waals surface area contributed by atoms with Crippen LogP contribution < -0.4 is 40.4 Å². The maximum absolute atomic E-state index is 12.3. The van der Waals surface area contributed by atoms with Gasteiger partial charge in [-0.2, -0.15) is 0 Å². The molecular formula is C15H8NNaO4. The first kappa shape index (κ1) is 15.4. The minimum Gasteiger partial charge on any atom is -0.545 e. The van der Waals surface area contributed by atoms with Crippen LogP contribution in [0, 0.1) is 0 Å².